The molecule has 4 nitrogen and oxygen atoms in total. The molecule has 0 amide bonds. The van der Waals surface area contributed by atoms with E-state index in [-0.39, 0.29) is 0 Å². The molecule has 0 aliphatic carbocycles. The third-order valence-corrected chi connectivity index (χ3v) is 14.8. The zero-order valence-electron chi connectivity index (χ0n) is 37.2. The van der Waals surface area contributed by atoms with Crippen molar-refractivity contribution in [1.82, 2.24) is 0 Å². The molecule has 0 fully saturated rings. The standard InChI is InChI=1S/C64H40N2O2S/c1-3-19-41(20-4-1)44-23-9-13-31-53(44)65(55-33-17-29-50-47-26-11-15-35-58(47)67-63(50)55)43-37-38-60-52(39-43)62-49-28-8-7-25-46(49)57(40-61(62)69-60)66(54-32-14-10-24-45(54)42-21-5-2-6-22-42)56-34-18-30-51-48-27-12-16-36-59(48)68-64(51)56/h1-40H. The van der Waals surface area contributed by atoms with Gasteiger partial charge in [0.25, 0.3) is 0 Å². The molecule has 11 aromatic carbocycles. The molecular weight excluding hydrogens is 861 g/mol. The number of rotatable bonds is 8. The van der Waals surface area contributed by atoms with Crippen LogP contribution in [0.4, 0.5) is 34.1 Å². The fourth-order valence-electron chi connectivity index (χ4n) is 10.6. The van der Waals surface area contributed by atoms with Gasteiger partial charge in [-0.2, -0.15) is 0 Å². The maximum Gasteiger partial charge on any atom is 0.159 e. The van der Waals surface area contributed by atoms with Gasteiger partial charge in [-0.1, -0.05) is 182 Å². The number of thiophene rings is 1. The summed E-state index contributed by atoms with van der Waals surface area (Å²) in [6, 6.07) is 86.8. The Bertz CT molecular complexity index is 4280. The quantitative estimate of drug-likeness (QED) is 0.152. The van der Waals surface area contributed by atoms with Crippen LogP contribution < -0.4 is 9.80 Å². The van der Waals surface area contributed by atoms with Gasteiger partial charge >= 0.3 is 0 Å². The third-order valence-electron chi connectivity index (χ3n) is 13.6. The topological polar surface area (TPSA) is 32.8 Å². The molecule has 0 aliphatic rings. The van der Waals surface area contributed by atoms with Gasteiger partial charge in [-0.15, -0.1) is 11.3 Å². The van der Waals surface area contributed by atoms with Crippen LogP contribution >= 0.6 is 11.3 Å². The van der Waals surface area contributed by atoms with E-state index in [0.717, 1.165) is 106 Å². The Morgan fingerprint density at radius 1 is 0.290 bits per heavy atom. The minimum absolute atomic E-state index is 0.849. The second kappa shape index (κ2) is 15.9. The van der Waals surface area contributed by atoms with Crippen molar-refractivity contribution < 1.29 is 8.83 Å². The van der Waals surface area contributed by atoms with E-state index < -0.39 is 0 Å². The smallest absolute Gasteiger partial charge is 0.159 e. The minimum Gasteiger partial charge on any atom is -0.454 e. The summed E-state index contributed by atoms with van der Waals surface area (Å²) in [5.41, 5.74) is 14.2. The molecule has 0 saturated heterocycles. The summed E-state index contributed by atoms with van der Waals surface area (Å²) >= 11 is 1.84. The molecule has 3 aromatic heterocycles. The van der Waals surface area contributed by atoms with Gasteiger partial charge in [0.2, 0.25) is 0 Å². The highest BCUT2D eigenvalue weighted by atomic mass is 32.1. The normalized spacial score (nSPS) is 11.8. The van der Waals surface area contributed by atoms with E-state index in [1.165, 1.54) is 25.6 Å². The summed E-state index contributed by atoms with van der Waals surface area (Å²) in [6.45, 7) is 0. The number of fused-ring (bicyclic) bond motifs is 11. The fraction of sp³-hybridized carbons (Fsp3) is 0. The molecule has 0 aliphatic heterocycles. The average Bonchev–Trinajstić information content (AvgIpc) is 4.12. The number of hydrogen-bond acceptors (Lipinski definition) is 5. The first-order valence-corrected chi connectivity index (χ1v) is 24.1. The van der Waals surface area contributed by atoms with Crippen molar-refractivity contribution in [2.24, 2.45) is 0 Å². The largest absolute Gasteiger partial charge is 0.454 e. The monoisotopic (exact) mass is 900 g/mol. The van der Waals surface area contributed by atoms with Gasteiger partial charge in [0.05, 0.1) is 28.4 Å². The number of para-hydroxylation sites is 6. The SMILES string of the molecule is c1ccc(-c2ccccc2N(c2ccc3sc4cc(N(c5ccccc5-c5ccccc5)c5cccc6c5oc5ccccc56)c5ccccc5c4c3c2)c2cccc3c2oc2ccccc23)cc1. The van der Waals surface area contributed by atoms with Gasteiger partial charge < -0.3 is 18.6 Å². The third kappa shape index (κ3) is 6.28. The van der Waals surface area contributed by atoms with E-state index in [0.29, 0.717) is 0 Å². The van der Waals surface area contributed by atoms with E-state index in [1.54, 1.807) is 0 Å². The van der Waals surface area contributed by atoms with Crippen molar-refractivity contribution in [1.29, 1.82) is 0 Å². The van der Waals surface area contributed by atoms with Gasteiger partial charge in [-0.3, -0.25) is 0 Å². The molecule has 69 heavy (non-hydrogen) atoms. The van der Waals surface area contributed by atoms with Crippen LogP contribution in [0.5, 0.6) is 0 Å². The molecular formula is C64H40N2O2S. The number of hydrogen-bond donors (Lipinski definition) is 0. The average molecular weight is 901 g/mol. The summed E-state index contributed by atoms with van der Waals surface area (Å²) in [7, 11) is 0. The molecule has 14 aromatic rings. The molecule has 324 valence electrons. The molecule has 5 heteroatoms. The summed E-state index contributed by atoms with van der Waals surface area (Å²) in [6.07, 6.45) is 0. The second-order valence-electron chi connectivity index (χ2n) is 17.5. The maximum absolute atomic E-state index is 6.84. The van der Waals surface area contributed by atoms with Crippen LogP contribution in [0.1, 0.15) is 0 Å². The van der Waals surface area contributed by atoms with Gasteiger partial charge in [-0.25, -0.2) is 0 Å². The van der Waals surface area contributed by atoms with E-state index >= 15 is 0 Å². The Morgan fingerprint density at radius 3 is 1.36 bits per heavy atom. The van der Waals surface area contributed by atoms with Crippen LogP contribution in [-0.2, 0) is 0 Å². The number of furan rings is 2. The predicted molar refractivity (Wildman–Crippen MR) is 292 cm³/mol. The van der Waals surface area contributed by atoms with Crippen LogP contribution in [0.15, 0.2) is 251 Å². The van der Waals surface area contributed by atoms with Crippen molar-refractivity contribution in [3.63, 3.8) is 0 Å². The molecule has 3 heterocycles. The lowest BCUT2D eigenvalue weighted by atomic mass is 9.98. The molecule has 0 radical (unpaired) electrons. The Kier molecular flexibility index (Phi) is 9.04. The number of benzene rings is 11. The predicted octanol–water partition coefficient (Wildman–Crippen LogP) is 19.3. The molecule has 0 N–H and O–H groups in total. The van der Waals surface area contributed by atoms with Crippen molar-refractivity contribution in [2.45, 2.75) is 0 Å². The Balaban J connectivity index is 1.03. The molecule has 0 atom stereocenters. The lowest BCUT2D eigenvalue weighted by molar-refractivity contribution is 0.669. The van der Waals surface area contributed by atoms with E-state index in [9.17, 15) is 0 Å². The lowest BCUT2D eigenvalue weighted by Gasteiger charge is -2.29. The fourth-order valence-corrected chi connectivity index (χ4v) is 11.7. The van der Waals surface area contributed by atoms with Crippen molar-refractivity contribution in [3.8, 4) is 22.3 Å². The first kappa shape index (κ1) is 39.3. The Labute approximate surface area is 401 Å². The highest BCUT2D eigenvalue weighted by Gasteiger charge is 2.27. The first-order chi connectivity index (χ1) is 34.2. The van der Waals surface area contributed by atoms with Crippen LogP contribution in [0.3, 0.4) is 0 Å². The van der Waals surface area contributed by atoms with Gasteiger partial charge in [-0.05, 0) is 77.2 Å². The highest BCUT2D eigenvalue weighted by molar-refractivity contribution is 7.26. The van der Waals surface area contributed by atoms with E-state index in [4.69, 9.17) is 8.83 Å². The summed E-state index contributed by atoms with van der Waals surface area (Å²) in [5, 5.41) is 9.13. The van der Waals surface area contributed by atoms with Crippen molar-refractivity contribution in [2.75, 3.05) is 9.80 Å². The number of anilines is 6. The van der Waals surface area contributed by atoms with Gasteiger partial charge in [0.15, 0.2) is 11.2 Å². The van der Waals surface area contributed by atoms with Crippen LogP contribution in [0, 0.1) is 0 Å². The van der Waals surface area contributed by atoms with E-state index in [2.05, 4.69) is 240 Å². The summed E-state index contributed by atoms with van der Waals surface area (Å²) in [5.74, 6) is 0. The van der Waals surface area contributed by atoms with Crippen molar-refractivity contribution in [3.05, 3.63) is 243 Å². The highest BCUT2D eigenvalue weighted by Crippen LogP contribution is 2.52. The van der Waals surface area contributed by atoms with E-state index in [1.807, 2.05) is 23.5 Å². The van der Waals surface area contributed by atoms with Gasteiger partial charge in [0.1, 0.15) is 11.2 Å². The lowest BCUT2D eigenvalue weighted by Crippen LogP contribution is -2.12. The van der Waals surface area contributed by atoms with Gasteiger partial charge in [0, 0.05) is 63.9 Å². The van der Waals surface area contributed by atoms with Crippen molar-refractivity contribution >= 4 is 120 Å². The first-order valence-electron chi connectivity index (χ1n) is 23.3. The minimum atomic E-state index is 0.849. The Hall–Kier alpha value is -8.90. The van der Waals surface area contributed by atoms with Crippen LogP contribution in [-0.4, -0.2) is 0 Å². The summed E-state index contributed by atoms with van der Waals surface area (Å²) < 4.78 is 16.0. The zero-order valence-corrected chi connectivity index (χ0v) is 38.0. The molecule has 0 spiro atoms. The second-order valence-corrected chi connectivity index (χ2v) is 18.6. The number of nitrogens with zero attached hydrogens (tertiary/aromatic N) is 2. The molecule has 0 bridgehead atoms. The Morgan fingerprint density at radius 2 is 0.754 bits per heavy atom. The van der Waals surface area contributed by atoms with Crippen LogP contribution in [0.25, 0.3) is 97.1 Å². The zero-order chi connectivity index (χ0) is 45.4. The molecule has 14 rings (SSSR count). The van der Waals surface area contributed by atoms with Crippen LogP contribution in [0.2, 0.25) is 0 Å². The summed E-state index contributed by atoms with van der Waals surface area (Å²) in [4.78, 5) is 4.82. The molecule has 0 unspecified atom stereocenters. The molecule has 0 saturated carbocycles. The maximum atomic E-state index is 6.84.